The molecule has 0 aromatic heterocycles. The molecule has 2 aliphatic rings. The second-order valence-corrected chi connectivity index (χ2v) is 6.97. The predicted molar refractivity (Wildman–Crippen MR) is 76.0 cm³/mol. The van der Waals surface area contributed by atoms with Gasteiger partial charge in [-0.2, -0.15) is 0 Å². The summed E-state index contributed by atoms with van der Waals surface area (Å²) < 4.78 is 5.31. The van der Waals surface area contributed by atoms with E-state index >= 15 is 0 Å². The van der Waals surface area contributed by atoms with Crippen LogP contribution in [0.5, 0.6) is 0 Å². The van der Waals surface area contributed by atoms with Crippen LogP contribution in [0, 0.1) is 17.8 Å². The zero-order chi connectivity index (χ0) is 13.9. The van der Waals surface area contributed by atoms with E-state index in [0.29, 0.717) is 5.92 Å². The van der Waals surface area contributed by atoms with Gasteiger partial charge >= 0.3 is 6.09 Å². The van der Waals surface area contributed by atoms with Crippen molar-refractivity contribution in [3.63, 3.8) is 0 Å². The zero-order valence-corrected chi connectivity index (χ0v) is 12.5. The van der Waals surface area contributed by atoms with Crippen LogP contribution in [0.1, 0.15) is 46.5 Å². The molecule has 0 aromatic carbocycles. The number of hydrogen-bond acceptors (Lipinski definition) is 3. The highest BCUT2D eigenvalue weighted by molar-refractivity contribution is 5.67. The number of alkyl carbamates (subject to hydrolysis) is 1. The fourth-order valence-electron chi connectivity index (χ4n) is 3.06. The van der Waals surface area contributed by atoms with E-state index in [4.69, 9.17) is 4.74 Å². The first-order valence-electron chi connectivity index (χ1n) is 7.63. The lowest BCUT2D eigenvalue weighted by molar-refractivity contribution is 0.0510. The standard InChI is InChI=1S/C15H28N2O2/c1-15(2,3)19-14(18)17-10-12-6-8-16-9-7-13(12)11-4-5-11/h11-13,16H,4-10H2,1-3H3,(H,17,18). The molecule has 0 aromatic rings. The van der Waals surface area contributed by atoms with Crippen molar-refractivity contribution < 1.29 is 9.53 Å². The molecule has 2 N–H and O–H groups in total. The fraction of sp³-hybridized carbons (Fsp3) is 0.933. The van der Waals surface area contributed by atoms with Crippen LogP contribution in [0.3, 0.4) is 0 Å². The molecule has 2 rings (SSSR count). The Hall–Kier alpha value is -0.770. The third-order valence-electron chi connectivity index (χ3n) is 4.09. The van der Waals surface area contributed by atoms with Crippen molar-refractivity contribution in [1.82, 2.24) is 10.6 Å². The van der Waals surface area contributed by atoms with E-state index in [1.165, 1.54) is 19.3 Å². The van der Waals surface area contributed by atoms with Gasteiger partial charge in [-0.25, -0.2) is 4.79 Å². The van der Waals surface area contributed by atoms with Crippen LogP contribution in [0.25, 0.3) is 0 Å². The molecule has 0 spiro atoms. The summed E-state index contributed by atoms with van der Waals surface area (Å²) in [5.74, 6) is 2.30. The first-order chi connectivity index (χ1) is 8.96. The van der Waals surface area contributed by atoms with Crippen molar-refractivity contribution in [2.75, 3.05) is 19.6 Å². The second-order valence-electron chi connectivity index (χ2n) is 6.97. The monoisotopic (exact) mass is 268 g/mol. The molecular formula is C15H28N2O2. The van der Waals surface area contributed by atoms with Crippen molar-refractivity contribution in [3.8, 4) is 0 Å². The number of hydrogen-bond donors (Lipinski definition) is 2. The summed E-state index contributed by atoms with van der Waals surface area (Å²) in [7, 11) is 0. The van der Waals surface area contributed by atoms with E-state index in [0.717, 1.165) is 37.9 Å². The summed E-state index contributed by atoms with van der Waals surface area (Å²) in [6.07, 6.45) is 4.91. The normalized spacial score (nSPS) is 28.6. The highest BCUT2D eigenvalue weighted by Gasteiger charge is 2.36. The SMILES string of the molecule is CC(C)(C)OC(=O)NCC1CCNCCC1C1CC1. The molecule has 2 atom stereocenters. The second kappa shape index (κ2) is 6.12. The minimum Gasteiger partial charge on any atom is -0.444 e. The van der Waals surface area contributed by atoms with Crippen LogP contribution in [0.2, 0.25) is 0 Å². The fourth-order valence-corrected chi connectivity index (χ4v) is 3.06. The lowest BCUT2D eigenvalue weighted by atomic mass is 9.84. The smallest absolute Gasteiger partial charge is 0.407 e. The Labute approximate surface area is 116 Å². The van der Waals surface area contributed by atoms with E-state index < -0.39 is 5.60 Å². The van der Waals surface area contributed by atoms with Gasteiger partial charge in [-0.05, 0) is 77.3 Å². The Bertz CT molecular complexity index is 308. The van der Waals surface area contributed by atoms with Gasteiger partial charge in [-0.3, -0.25) is 0 Å². The summed E-state index contributed by atoms with van der Waals surface area (Å²) in [5.41, 5.74) is -0.412. The Morgan fingerprint density at radius 2 is 1.89 bits per heavy atom. The van der Waals surface area contributed by atoms with E-state index in [1.807, 2.05) is 20.8 Å². The molecule has 1 saturated carbocycles. The average molecular weight is 268 g/mol. The maximum absolute atomic E-state index is 11.7. The zero-order valence-electron chi connectivity index (χ0n) is 12.5. The van der Waals surface area contributed by atoms with Crippen LogP contribution in [-0.2, 0) is 4.74 Å². The highest BCUT2D eigenvalue weighted by atomic mass is 16.6. The first kappa shape index (κ1) is 14.6. The van der Waals surface area contributed by atoms with Gasteiger partial charge in [0.2, 0.25) is 0 Å². The number of nitrogens with one attached hydrogen (secondary N) is 2. The number of rotatable bonds is 3. The molecule has 4 heteroatoms. The van der Waals surface area contributed by atoms with Crippen molar-refractivity contribution >= 4 is 6.09 Å². The molecule has 1 saturated heterocycles. The summed E-state index contributed by atoms with van der Waals surface area (Å²) in [6.45, 7) is 8.66. The van der Waals surface area contributed by atoms with Gasteiger partial charge < -0.3 is 15.4 Å². The van der Waals surface area contributed by atoms with Crippen LogP contribution < -0.4 is 10.6 Å². The molecule has 0 radical (unpaired) electrons. The van der Waals surface area contributed by atoms with Gasteiger partial charge in [0, 0.05) is 6.54 Å². The van der Waals surface area contributed by atoms with Gasteiger partial charge in [0.25, 0.3) is 0 Å². The van der Waals surface area contributed by atoms with E-state index in [9.17, 15) is 4.79 Å². The molecule has 2 fully saturated rings. The predicted octanol–water partition coefficient (Wildman–Crippen LogP) is 2.54. The van der Waals surface area contributed by atoms with Gasteiger partial charge in [-0.15, -0.1) is 0 Å². The molecule has 1 amide bonds. The Kier molecular flexibility index (Phi) is 4.71. The average Bonchev–Trinajstić information content (AvgIpc) is 3.10. The highest BCUT2D eigenvalue weighted by Crippen LogP contribution is 2.43. The summed E-state index contributed by atoms with van der Waals surface area (Å²) >= 11 is 0. The van der Waals surface area contributed by atoms with Gasteiger partial charge in [0.15, 0.2) is 0 Å². The quantitative estimate of drug-likeness (QED) is 0.827. The molecule has 2 unspecified atom stereocenters. The Morgan fingerprint density at radius 1 is 1.21 bits per heavy atom. The van der Waals surface area contributed by atoms with Crippen LogP contribution in [-0.4, -0.2) is 31.3 Å². The van der Waals surface area contributed by atoms with Crippen molar-refractivity contribution in [2.24, 2.45) is 17.8 Å². The Morgan fingerprint density at radius 3 is 2.53 bits per heavy atom. The number of carbonyl (C=O) groups is 1. The number of carbonyl (C=O) groups excluding carboxylic acids is 1. The maximum Gasteiger partial charge on any atom is 0.407 e. The van der Waals surface area contributed by atoms with Crippen LogP contribution in [0.4, 0.5) is 4.79 Å². The molecule has 19 heavy (non-hydrogen) atoms. The van der Waals surface area contributed by atoms with E-state index in [2.05, 4.69) is 10.6 Å². The molecule has 110 valence electrons. The third-order valence-corrected chi connectivity index (χ3v) is 4.09. The number of ether oxygens (including phenoxy) is 1. The first-order valence-corrected chi connectivity index (χ1v) is 7.63. The van der Waals surface area contributed by atoms with Crippen molar-refractivity contribution in [1.29, 1.82) is 0 Å². The van der Waals surface area contributed by atoms with Crippen LogP contribution in [0.15, 0.2) is 0 Å². The minimum absolute atomic E-state index is 0.278. The molecule has 1 aliphatic heterocycles. The summed E-state index contributed by atoms with van der Waals surface area (Å²) in [6, 6.07) is 0. The molecule has 1 aliphatic carbocycles. The van der Waals surface area contributed by atoms with Crippen molar-refractivity contribution in [2.45, 2.75) is 52.1 Å². The third kappa shape index (κ3) is 5.01. The molecular weight excluding hydrogens is 240 g/mol. The topological polar surface area (TPSA) is 50.4 Å². The maximum atomic E-state index is 11.7. The van der Waals surface area contributed by atoms with Gasteiger partial charge in [0.1, 0.15) is 5.60 Å². The lowest BCUT2D eigenvalue weighted by Gasteiger charge is -2.26. The van der Waals surface area contributed by atoms with E-state index in [-0.39, 0.29) is 6.09 Å². The van der Waals surface area contributed by atoms with E-state index in [1.54, 1.807) is 0 Å². The largest absolute Gasteiger partial charge is 0.444 e. The molecule has 4 nitrogen and oxygen atoms in total. The molecule has 1 heterocycles. The number of amides is 1. The minimum atomic E-state index is -0.412. The summed E-state index contributed by atoms with van der Waals surface area (Å²) in [4.78, 5) is 11.7. The van der Waals surface area contributed by atoms with Gasteiger partial charge in [0.05, 0.1) is 0 Å². The summed E-state index contributed by atoms with van der Waals surface area (Å²) in [5, 5.41) is 6.43. The van der Waals surface area contributed by atoms with Crippen molar-refractivity contribution in [3.05, 3.63) is 0 Å². The van der Waals surface area contributed by atoms with Crippen LogP contribution >= 0.6 is 0 Å². The molecule has 0 bridgehead atoms. The lowest BCUT2D eigenvalue weighted by Crippen LogP contribution is -2.37. The van der Waals surface area contributed by atoms with Gasteiger partial charge in [-0.1, -0.05) is 0 Å². The Balaban J connectivity index is 1.80.